The van der Waals surface area contributed by atoms with Gasteiger partial charge in [-0.25, -0.2) is 19.9 Å². The Kier molecular flexibility index (Phi) is 4.68. The fourth-order valence-electron chi connectivity index (χ4n) is 3.40. The molecule has 0 bridgehead atoms. The van der Waals surface area contributed by atoms with Crippen molar-refractivity contribution in [1.82, 2.24) is 29.7 Å². The maximum Gasteiger partial charge on any atom is 0.308 e. The summed E-state index contributed by atoms with van der Waals surface area (Å²) in [6, 6.07) is 1.89. The van der Waals surface area contributed by atoms with Gasteiger partial charge in [0.1, 0.15) is 17.7 Å². The molecule has 0 N–H and O–H groups in total. The normalized spacial score (nSPS) is 15.0. The summed E-state index contributed by atoms with van der Waals surface area (Å²) in [4.78, 5) is 30.2. The van der Waals surface area contributed by atoms with Gasteiger partial charge in [-0.2, -0.15) is 5.10 Å². The minimum absolute atomic E-state index is 0.0562. The van der Waals surface area contributed by atoms with Gasteiger partial charge in [-0.1, -0.05) is 0 Å². The summed E-state index contributed by atoms with van der Waals surface area (Å²) in [7, 11) is 1.88. The molecule has 0 aliphatic carbocycles. The van der Waals surface area contributed by atoms with Crippen LogP contribution in [0.1, 0.15) is 30.3 Å². The quantitative estimate of drug-likeness (QED) is 0.500. The number of hydrogen-bond acceptors (Lipinski definition) is 8. The average molecular weight is 380 g/mol. The van der Waals surface area contributed by atoms with Crippen LogP contribution in [-0.2, 0) is 7.05 Å². The van der Waals surface area contributed by atoms with E-state index in [1.165, 1.54) is 6.20 Å². The summed E-state index contributed by atoms with van der Waals surface area (Å²) in [6.07, 6.45) is 8.54. The Balaban J connectivity index is 1.46. The van der Waals surface area contributed by atoms with Crippen molar-refractivity contribution in [1.29, 1.82) is 0 Å². The molecule has 1 saturated heterocycles. The Morgan fingerprint density at radius 2 is 1.96 bits per heavy atom. The van der Waals surface area contributed by atoms with Crippen molar-refractivity contribution < 1.29 is 4.92 Å². The molecule has 144 valence electrons. The SMILES string of the molecule is Cc1nc(N2CCC(c3nccc(-c4cnn(C)c4)n3)CC2)ncc1[N+](=O)[O-]. The number of nitro groups is 1. The lowest BCUT2D eigenvalue weighted by atomic mass is 9.96. The highest BCUT2D eigenvalue weighted by Crippen LogP contribution is 2.29. The van der Waals surface area contributed by atoms with Gasteiger partial charge in [0.05, 0.1) is 16.8 Å². The number of nitrogens with zero attached hydrogens (tertiary/aromatic N) is 8. The van der Waals surface area contributed by atoms with Crippen LogP contribution in [0, 0.1) is 17.0 Å². The Morgan fingerprint density at radius 1 is 1.18 bits per heavy atom. The molecule has 0 atom stereocenters. The Morgan fingerprint density at radius 3 is 2.61 bits per heavy atom. The molecule has 1 fully saturated rings. The summed E-state index contributed by atoms with van der Waals surface area (Å²) in [5.74, 6) is 1.63. The number of piperidine rings is 1. The van der Waals surface area contributed by atoms with Crippen LogP contribution in [0.15, 0.2) is 30.9 Å². The van der Waals surface area contributed by atoms with Crippen molar-refractivity contribution >= 4 is 11.6 Å². The third-order valence-corrected chi connectivity index (χ3v) is 4.96. The monoisotopic (exact) mass is 380 g/mol. The molecule has 28 heavy (non-hydrogen) atoms. The van der Waals surface area contributed by atoms with Crippen LogP contribution >= 0.6 is 0 Å². The maximum atomic E-state index is 10.9. The van der Waals surface area contributed by atoms with Gasteiger partial charge in [0.25, 0.3) is 0 Å². The molecule has 0 spiro atoms. The minimum atomic E-state index is -0.460. The highest BCUT2D eigenvalue weighted by Gasteiger charge is 2.25. The van der Waals surface area contributed by atoms with Crippen molar-refractivity contribution in [2.45, 2.75) is 25.7 Å². The van der Waals surface area contributed by atoms with Gasteiger partial charge >= 0.3 is 5.69 Å². The Labute approximate surface area is 161 Å². The summed E-state index contributed by atoms with van der Waals surface area (Å²) in [6.45, 7) is 3.14. The smallest absolute Gasteiger partial charge is 0.308 e. The van der Waals surface area contributed by atoms with Gasteiger partial charge in [-0.05, 0) is 25.8 Å². The number of aryl methyl sites for hydroxylation is 2. The third kappa shape index (κ3) is 3.53. The van der Waals surface area contributed by atoms with Crippen LogP contribution in [0.25, 0.3) is 11.3 Å². The molecule has 3 aromatic rings. The molecule has 3 aromatic heterocycles. The zero-order valence-electron chi connectivity index (χ0n) is 15.7. The van der Waals surface area contributed by atoms with Gasteiger partial charge in [0.2, 0.25) is 5.95 Å². The summed E-state index contributed by atoms with van der Waals surface area (Å²) >= 11 is 0. The summed E-state index contributed by atoms with van der Waals surface area (Å²) in [5, 5.41) is 15.1. The van der Waals surface area contributed by atoms with Crippen LogP contribution in [0.3, 0.4) is 0 Å². The Hall–Kier alpha value is -3.43. The Bertz CT molecular complexity index is 1010. The number of anilines is 1. The average Bonchev–Trinajstić information content (AvgIpc) is 3.14. The highest BCUT2D eigenvalue weighted by molar-refractivity contribution is 5.56. The zero-order chi connectivity index (χ0) is 19.7. The first-order chi connectivity index (χ1) is 13.5. The molecule has 0 unspecified atom stereocenters. The molecule has 0 amide bonds. The molecule has 0 aromatic carbocycles. The van der Waals surface area contributed by atoms with E-state index >= 15 is 0 Å². The van der Waals surface area contributed by atoms with E-state index in [0.29, 0.717) is 11.6 Å². The molecular formula is C18H20N8O2. The van der Waals surface area contributed by atoms with Crippen LogP contribution in [0.4, 0.5) is 11.6 Å². The van der Waals surface area contributed by atoms with Crippen molar-refractivity contribution in [3.8, 4) is 11.3 Å². The zero-order valence-corrected chi connectivity index (χ0v) is 15.7. The largest absolute Gasteiger partial charge is 0.341 e. The second-order valence-electron chi connectivity index (χ2n) is 6.86. The molecule has 1 aliphatic rings. The lowest BCUT2D eigenvalue weighted by molar-refractivity contribution is -0.386. The number of aromatic nitrogens is 6. The van der Waals surface area contributed by atoms with Crippen LogP contribution in [-0.4, -0.2) is 47.7 Å². The van der Waals surface area contributed by atoms with E-state index in [9.17, 15) is 10.1 Å². The molecule has 1 aliphatic heterocycles. The third-order valence-electron chi connectivity index (χ3n) is 4.96. The lowest BCUT2D eigenvalue weighted by Gasteiger charge is -2.31. The van der Waals surface area contributed by atoms with Crippen LogP contribution in [0.5, 0.6) is 0 Å². The molecule has 10 nitrogen and oxygen atoms in total. The summed E-state index contributed by atoms with van der Waals surface area (Å²) in [5.41, 5.74) is 2.16. The molecule has 0 saturated carbocycles. The second kappa shape index (κ2) is 7.29. The fraction of sp³-hybridized carbons (Fsp3) is 0.389. The van der Waals surface area contributed by atoms with E-state index in [-0.39, 0.29) is 11.6 Å². The number of rotatable bonds is 4. The van der Waals surface area contributed by atoms with Crippen LogP contribution < -0.4 is 4.90 Å². The van der Waals surface area contributed by atoms with E-state index in [2.05, 4.69) is 25.0 Å². The first-order valence-corrected chi connectivity index (χ1v) is 9.06. The predicted molar refractivity (Wildman–Crippen MR) is 102 cm³/mol. The molecular weight excluding hydrogens is 360 g/mol. The van der Waals surface area contributed by atoms with E-state index in [1.807, 2.05) is 19.3 Å². The first kappa shape index (κ1) is 18.0. The van der Waals surface area contributed by atoms with Gasteiger partial charge in [-0.15, -0.1) is 0 Å². The van der Waals surface area contributed by atoms with Crippen molar-refractivity contribution in [2.75, 3.05) is 18.0 Å². The van der Waals surface area contributed by atoms with E-state index in [4.69, 9.17) is 4.98 Å². The topological polar surface area (TPSA) is 116 Å². The van der Waals surface area contributed by atoms with Crippen molar-refractivity contribution in [3.05, 3.63) is 52.5 Å². The second-order valence-corrected chi connectivity index (χ2v) is 6.86. The fourth-order valence-corrected chi connectivity index (χ4v) is 3.40. The van der Waals surface area contributed by atoms with Crippen molar-refractivity contribution in [3.63, 3.8) is 0 Å². The maximum absolute atomic E-state index is 10.9. The molecule has 10 heteroatoms. The predicted octanol–water partition coefficient (Wildman–Crippen LogP) is 2.27. The first-order valence-electron chi connectivity index (χ1n) is 9.06. The van der Waals surface area contributed by atoms with Gasteiger partial charge in [0, 0.05) is 44.0 Å². The number of hydrogen-bond donors (Lipinski definition) is 0. The highest BCUT2D eigenvalue weighted by atomic mass is 16.6. The molecule has 0 radical (unpaired) electrons. The van der Waals surface area contributed by atoms with E-state index in [1.54, 1.807) is 24.0 Å². The molecule has 4 heterocycles. The van der Waals surface area contributed by atoms with E-state index in [0.717, 1.165) is 43.0 Å². The summed E-state index contributed by atoms with van der Waals surface area (Å²) < 4.78 is 1.75. The van der Waals surface area contributed by atoms with Gasteiger partial charge < -0.3 is 4.90 Å². The van der Waals surface area contributed by atoms with Gasteiger partial charge in [-0.3, -0.25) is 14.8 Å². The van der Waals surface area contributed by atoms with E-state index < -0.39 is 4.92 Å². The molecule has 4 rings (SSSR count). The van der Waals surface area contributed by atoms with Crippen molar-refractivity contribution in [2.24, 2.45) is 7.05 Å². The van der Waals surface area contributed by atoms with Gasteiger partial charge in [0.15, 0.2) is 0 Å². The minimum Gasteiger partial charge on any atom is -0.341 e. The lowest BCUT2D eigenvalue weighted by Crippen LogP contribution is -2.34. The van der Waals surface area contributed by atoms with Crippen LogP contribution in [0.2, 0.25) is 0 Å². The standard InChI is InChI=1S/C18H20N8O2/c1-12-16(26(27)28)10-20-18(22-12)25-7-4-13(5-8-25)17-19-6-3-15(23-17)14-9-21-24(2)11-14/h3,6,9-11,13H,4-5,7-8H2,1-2H3.